The van der Waals surface area contributed by atoms with Gasteiger partial charge < -0.3 is 10.1 Å². The van der Waals surface area contributed by atoms with Gasteiger partial charge in [0.2, 0.25) is 0 Å². The molecular formula is C18H20BrNO4S. The first-order valence-electron chi connectivity index (χ1n) is 7.70. The summed E-state index contributed by atoms with van der Waals surface area (Å²) in [5.41, 5.74) is 1.24. The highest BCUT2D eigenvalue weighted by Crippen LogP contribution is 2.23. The van der Waals surface area contributed by atoms with Gasteiger partial charge in [0.25, 0.3) is 5.91 Å². The van der Waals surface area contributed by atoms with Crippen molar-refractivity contribution in [3.8, 4) is 5.75 Å². The predicted molar refractivity (Wildman–Crippen MR) is 101 cm³/mol. The molecule has 0 saturated heterocycles. The molecule has 5 nitrogen and oxygen atoms in total. The van der Waals surface area contributed by atoms with E-state index in [9.17, 15) is 13.2 Å². The summed E-state index contributed by atoms with van der Waals surface area (Å²) in [4.78, 5) is 12.5. The second-order valence-corrected chi connectivity index (χ2v) is 9.18. The first-order valence-corrected chi connectivity index (χ1v) is 10.0. The van der Waals surface area contributed by atoms with Gasteiger partial charge in [-0.3, -0.25) is 4.79 Å². The standard InChI is InChI=1S/C18H20BrNO4S/c1-12(2)25(22,23)16-7-4-13(5-8-16)18(21)20-11-14-10-15(19)6-9-17(14)24-3/h4-10,12H,11H2,1-3H3,(H,20,21). The van der Waals surface area contributed by atoms with Crippen LogP contribution in [-0.2, 0) is 16.4 Å². The van der Waals surface area contributed by atoms with Gasteiger partial charge in [-0.2, -0.15) is 0 Å². The Morgan fingerprint density at radius 3 is 2.36 bits per heavy atom. The van der Waals surface area contributed by atoms with Gasteiger partial charge in [-0.05, 0) is 56.3 Å². The van der Waals surface area contributed by atoms with Gasteiger partial charge in [0.1, 0.15) is 5.75 Å². The maximum absolute atomic E-state index is 12.3. The molecule has 0 heterocycles. The zero-order valence-electron chi connectivity index (χ0n) is 14.2. The average Bonchev–Trinajstić information content (AvgIpc) is 2.59. The van der Waals surface area contributed by atoms with E-state index in [4.69, 9.17) is 4.74 Å². The van der Waals surface area contributed by atoms with Crippen LogP contribution in [0.1, 0.15) is 29.8 Å². The van der Waals surface area contributed by atoms with Gasteiger partial charge in [-0.25, -0.2) is 8.42 Å². The molecule has 0 spiro atoms. The lowest BCUT2D eigenvalue weighted by atomic mass is 10.1. The largest absolute Gasteiger partial charge is 0.496 e. The molecule has 0 atom stereocenters. The monoisotopic (exact) mass is 425 g/mol. The molecule has 0 aliphatic carbocycles. The van der Waals surface area contributed by atoms with E-state index in [1.165, 1.54) is 24.3 Å². The number of carbonyl (C=O) groups excluding carboxylic acids is 1. The minimum atomic E-state index is -3.34. The van der Waals surface area contributed by atoms with Crippen LogP contribution < -0.4 is 10.1 Å². The lowest BCUT2D eigenvalue weighted by molar-refractivity contribution is 0.0950. The summed E-state index contributed by atoms with van der Waals surface area (Å²) in [5, 5.41) is 2.31. The minimum Gasteiger partial charge on any atom is -0.496 e. The lowest BCUT2D eigenvalue weighted by Crippen LogP contribution is -2.23. The summed E-state index contributed by atoms with van der Waals surface area (Å²) in [6.07, 6.45) is 0. The minimum absolute atomic E-state index is 0.215. The van der Waals surface area contributed by atoms with Crippen LogP contribution in [0.15, 0.2) is 51.8 Å². The molecule has 134 valence electrons. The summed E-state index contributed by atoms with van der Waals surface area (Å²) in [6.45, 7) is 3.55. The smallest absolute Gasteiger partial charge is 0.251 e. The molecule has 0 aliphatic heterocycles. The molecule has 25 heavy (non-hydrogen) atoms. The fourth-order valence-electron chi connectivity index (χ4n) is 2.23. The number of halogens is 1. The average molecular weight is 426 g/mol. The van der Waals surface area contributed by atoms with Crippen LogP contribution in [0.2, 0.25) is 0 Å². The first-order chi connectivity index (χ1) is 11.8. The van der Waals surface area contributed by atoms with E-state index in [-0.39, 0.29) is 10.8 Å². The number of nitrogens with one attached hydrogen (secondary N) is 1. The third-order valence-electron chi connectivity index (χ3n) is 3.75. The van der Waals surface area contributed by atoms with Crippen molar-refractivity contribution in [2.75, 3.05) is 7.11 Å². The lowest BCUT2D eigenvalue weighted by Gasteiger charge is -2.11. The van der Waals surface area contributed by atoms with E-state index in [1.54, 1.807) is 21.0 Å². The van der Waals surface area contributed by atoms with Crippen molar-refractivity contribution in [2.45, 2.75) is 30.5 Å². The quantitative estimate of drug-likeness (QED) is 0.767. The van der Waals surface area contributed by atoms with Crippen LogP contribution in [0.25, 0.3) is 0 Å². The van der Waals surface area contributed by atoms with Crippen molar-refractivity contribution < 1.29 is 17.9 Å². The number of sulfone groups is 1. The Hall–Kier alpha value is -1.86. The normalized spacial score (nSPS) is 11.4. The van der Waals surface area contributed by atoms with Gasteiger partial charge in [0.15, 0.2) is 9.84 Å². The molecule has 0 unspecified atom stereocenters. The Morgan fingerprint density at radius 1 is 1.16 bits per heavy atom. The molecule has 1 N–H and O–H groups in total. The Labute approximate surface area is 156 Å². The first kappa shape index (κ1) is 19.5. The summed E-state index contributed by atoms with van der Waals surface area (Å²) in [7, 11) is -1.77. The number of methoxy groups -OCH3 is 1. The van der Waals surface area contributed by atoms with Gasteiger partial charge in [0, 0.05) is 22.1 Å². The number of ether oxygens (including phenoxy) is 1. The molecule has 0 bridgehead atoms. The molecular weight excluding hydrogens is 406 g/mol. The van der Waals surface area contributed by atoms with Crippen LogP contribution >= 0.6 is 15.9 Å². The van der Waals surface area contributed by atoms with Crippen LogP contribution in [0.3, 0.4) is 0 Å². The summed E-state index contributed by atoms with van der Waals surface area (Å²) >= 11 is 3.39. The number of rotatable bonds is 6. The highest BCUT2D eigenvalue weighted by atomic mass is 79.9. The van der Waals surface area contributed by atoms with Crippen LogP contribution in [0, 0.1) is 0 Å². The fraction of sp³-hybridized carbons (Fsp3) is 0.278. The van der Waals surface area contributed by atoms with Gasteiger partial charge in [0.05, 0.1) is 17.3 Å². The van der Waals surface area contributed by atoms with E-state index in [2.05, 4.69) is 21.2 Å². The Morgan fingerprint density at radius 2 is 1.80 bits per heavy atom. The molecule has 2 aromatic rings. The highest BCUT2D eigenvalue weighted by Gasteiger charge is 2.19. The van der Waals surface area contributed by atoms with Crippen molar-refractivity contribution >= 4 is 31.7 Å². The van der Waals surface area contributed by atoms with Gasteiger partial charge >= 0.3 is 0 Å². The van der Waals surface area contributed by atoms with Crippen LogP contribution in [0.5, 0.6) is 5.75 Å². The molecule has 0 fully saturated rings. The number of amides is 1. The Kier molecular flexibility index (Phi) is 6.24. The van der Waals surface area contributed by atoms with E-state index < -0.39 is 15.1 Å². The van der Waals surface area contributed by atoms with Crippen molar-refractivity contribution in [2.24, 2.45) is 0 Å². The van der Waals surface area contributed by atoms with E-state index >= 15 is 0 Å². The maximum atomic E-state index is 12.3. The molecule has 0 radical (unpaired) electrons. The second kappa shape index (κ2) is 8.01. The number of carbonyl (C=O) groups is 1. The summed E-state index contributed by atoms with van der Waals surface area (Å²) in [6, 6.07) is 11.5. The van der Waals surface area contributed by atoms with Crippen molar-refractivity contribution in [1.82, 2.24) is 5.32 Å². The zero-order chi connectivity index (χ0) is 18.6. The highest BCUT2D eigenvalue weighted by molar-refractivity contribution is 9.10. The van der Waals surface area contributed by atoms with Crippen LogP contribution in [-0.4, -0.2) is 26.7 Å². The molecule has 1 amide bonds. The van der Waals surface area contributed by atoms with E-state index in [0.29, 0.717) is 17.9 Å². The molecule has 0 aliphatic rings. The molecule has 0 saturated carbocycles. The van der Waals surface area contributed by atoms with Crippen molar-refractivity contribution in [3.05, 3.63) is 58.1 Å². The summed E-state index contributed by atoms with van der Waals surface area (Å²) in [5.74, 6) is 0.400. The third kappa shape index (κ3) is 4.61. The SMILES string of the molecule is COc1ccc(Br)cc1CNC(=O)c1ccc(S(=O)(=O)C(C)C)cc1. The number of hydrogen-bond acceptors (Lipinski definition) is 4. The maximum Gasteiger partial charge on any atom is 0.251 e. The molecule has 2 rings (SSSR count). The van der Waals surface area contributed by atoms with Crippen LogP contribution in [0.4, 0.5) is 0 Å². The number of hydrogen-bond donors (Lipinski definition) is 1. The van der Waals surface area contributed by atoms with Crippen molar-refractivity contribution in [1.29, 1.82) is 0 Å². The second-order valence-electron chi connectivity index (χ2n) is 5.76. The Bertz CT molecular complexity index is 861. The Balaban J connectivity index is 2.11. The molecule has 7 heteroatoms. The molecule has 0 aromatic heterocycles. The van der Waals surface area contributed by atoms with E-state index in [1.807, 2.05) is 18.2 Å². The third-order valence-corrected chi connectivity index (χ3v) is 6.41. The van der Waals surface area contributed by atoms with Crippen molar-refractivity contribution in [3.63, 3.8) is 0 Å². The zero-order valence-corrected chi connectivity index (χ0v) is 16.6. The predicted octanol–water partition coefficient (Wildman–Crippen LogP) is 3.57. The molecule has 2 aromatic carbocycles. The summed E-state index contributed by atoms with van der Waals surface area (Å²) < 4.78 is 30.4. The number of benzene rings is 2. The van der Waals surface area contributed by atoms with Gasteiger partial charge in [-0.1, -0.05) is 15.9 Å². The van der Waals surface area contributed by atoms with E-state index in [0.717, 1.165) is 10.0 Å². The fourth-order valence-corrected chi connectivity index (χ4v) is 3.70. The topological polar surface area (TPSA) is 72.5 Å². The van der Waals surface area contributed by atoms with Gasteiger partial charge in [-0.15, -0.1) is 0 Å².